The standard InChI is InChI=1S/C11H19F3N4/c1-9(2)6-15-7-10-8-18(17-16-10)5-3-4-11(12,13)14/h8-9,15H,3-7H2,1-2H3. The van der Waals surface area contributed by atoms with E-state index < -0.39 is 12.6 Å². The lowest BCUT2D eigenvalue weighted by atomic mass is 10.2. The summed E-state index contributed by atoms with van der Waals surface area (Å²) in [5.41, 5.74) is 0.752. The van der Waals surface area contributed by atoms with Gasteiger partial charge in [0.2, 0.25) is 0 Å². The summed E-state index contributed by atoms with van der Waals surface area (Å²) >= 11 is 0. The van der Waals surface area contributed by atoms with Crippen LogP contribution in [0.1, 0.15) is 32.4 Å². The predicted octanol–water partition coefficient (Wildman–Crippen LogP) is 2.37. The highest BCUT2D eigenvalue weighted by atomic mass is 19.4. The molecule has 1 heterocycles. The first kappa shape index (κ1) is 14.9. The monoisotopic (exact) mass is 264 g/mol. The molecule has 0 aliphatic rings. The smallest absolute Gasteiger partial charge is 0.311 e. The van der Waals surface area contributed by atoms with Crippen LogP contribution in [0.15, 0.2) is 6.20 Å². The Morgan fingerprint density at radius 3 is 2.72 bits per heavy atom. The van der Waals surface area contributed by atoms with Gasteiger partial charge in [0.25, 0.3) is 0 Å². The molecule has 0 aromatic carbocycles. The second-order valence-electron chi connectivity index (χ2n) is 4.72. The van der Waals surface area contributed by atoms with Crippen molar-refractivity contribution < 1.29 is 13.2 Å². The van der Waals surface area contributed by atoms with Gasteiger partial charge in [0.1, 0.15) is 0 Å². The van der Waals surface area contributed by atoms with E-state index in [-0.39, 0.29) is 13.0 Å². The average Bonchev–Trinajstić information content (AvgIpc) is 2.63. The minimum atomic E-state index is -4.10. The summed E-state index contributed by atoms with van der Waals surface area (Å²) in [4.78, 5) is 0. The predicted molar refractivity (Wildman–Crippen MR) is 61.9 cm³/mol. The van der Waals surface area contributed by atoms with Gasteiger partial charge in [-0.3, -0.25) is 4.68 Å². The first-order valence-electron chi connectivity index (χ1n) is 6.03. The number of aromatic nitrogens is 3. The quantitative estimate of drug-likeness (QED) is 0.822. The molecule has 1 N–H and O–H groups in total. The zero-order valence-electron chi connectivity index (χ0n) is 10.7. The molecular weight excluding hydrogens is 245 g/mol. The highest BCUT2D eigenvalue weighted by Gasteiger charge is 2.26. The fourth-order valence-electron chi connectivity index (χ4n) is 1.46. The van der Waals surface area contributed by atoms with Crippen LogP contribution in [0.3, 0.4) is 0 Å². The Balaban J connectivity index is 2.26. The fourth-order valence-corrected chi connectivity index (χ4v) is 1.46. The minimum Gasteiger partial charge on any atom is -0.311 e. The molecule has 0 fully saturated rings. The van der Waals surface area contributed by atoms with Crippen LogP contribution in [0.25, 0.3) is 0 Å². The van der Waals surface area contributed by atoms with Crippen molar-refractivity contribution in [2.45, 2.75) is 46.0 Å². The van der Waals surface area contributed by atoms with Crippen molar-refractivity contribution in [3.63, 3.8) is 0 Å². The number of hydrogen-bond donors (Lipinski definition) is 1. The van der Waals surface area contributed by atoms with Gasteiger partial charge in [-0.1, -0.05) is 19.1 Å². The van der Waals surface area contributed by atoms with E-state index in [0.717, 1.165) is 12.2 Å². The first-order chi connectivity index (χ1) is 8.37. The zero-order chi connectivity index (χ0) is 13.6. The molecular formula is C11H19F3N4. The maximum Gasteiger partial charge on any atom is 0.389 e. The van der Waals surface area contributed by atoms with E-state index >= 15 is 0 Å². The highest BCUT2D eigenvalue weighted by Crippen LogP contribution is 2.21. The molecule has 0 aliphatic heterocycles. The molecule has 1 aromatic heterocycles. The molecule has 104 valence electrons. The number of nitrogens with one attached hydrogen (secondary N) is 1. The number of nitrogens with zero attached hydrogens (tertiary/aromatic N) is 3. The van der Waals surface area contributed by atoms with Gasteiger partial charge in [0.05, 0.1) is 5.69 Å². The van der Waals surface area contributed by atoms with Gasteiger partial charge in [-0.05, 0) is 18.9 Å². The summed E-state index contributed by atoms with van der Waals surface area (Å²) < 4.78 is 37.3. The number of halogens is 3. The summed E-state index contributed by atoms with van der Waals surface area (Å²) in [5, 5.41) is 10.9. The van der Waals surface area contributed by atoms with E-state index in [1.165, 1.54) is 4.68 Å². The van der Waals surface area contributed by atoms with Crippen LogP contribution in [0, 0.1) is 5.92 Å². The van der Waals surface area contributed by atoms with Gasteiger partial charge in [-0.2, -0.15) is 13.2 Å². The van der Waals surface area contributed by atoms with E-state index in [9.17, 15) is 13.2 Å². The van der Waals surface area contributed by atoms with Crippen LogP contribution >= 0.6 is 0 Å². The minimum absolute atomic E-state index is 0.0335. The Morgan fingerprint density at radius 1 is 1.39 bits per heavy atom. The first-order valence-corrected chi connectivity index (χ1v) is 6.03. The Hall–Kier alpha value is -1.11. The van der Waals surface area contributed by atoms with Crippen molar-refractivity contribution in [2.75, 3.05) is 6.54 Å². The SMILES string of the molecule is CC(C)CNCc1cn(CCCC(F)(F)F)nn1. The molecule has 4 nitrogen and oxygen atoms in total. The highest BCUT2D eigenvalue weighted by molar-refractivity contribution is 4.91. The molecule has 0 saturated carbocycles. The van der Waals surface area contributed by atoms with Gasteiger partial charge in [0.15, 0.2) is 0 Å². The Morgan fingerprint density at radius 2 is 2.11 bits per heavy atom. The van der Waals surface area contributed by atoms with Gasteiger partial charge in [-0.25, -0.2) is 0 Å². The Kier molecular flexibility index (Phi) is 5.58. The Bertz CT molecular complexity index is 346. The topological polar surface area (TPSA) is 42.7 Å². The van der Waals surface area contributed by atoms with Crippen molar-refractivity contribution in [2.24, 2.45) is 5.92 Å². The Labute approximate surface area is 105 Å². The molecule has 18 heavy (non-hydrogen) atoms. The van der Waals surface area contributed by atoms with E-state index in [1.54, 1.807) is 6.20 Å². The maximum absolute atomic E-state index is 12.0. The van der Waals surface area contributed by atoms with Crippen molar-refractivity contribution in [3.05, 3.63) is 11.9 Å². The van der Waals surface area contributed by atoms with Crippen molar-refractivity contribution >= 4 is 0 Å². The summed E-state index contributed by atoms with van der Waals surface area (Å²) in [7, 11) is 0. The third-order valence-electron chi connectivity index (χ3n) is 2.29. The lowest BCUT2D eigenvalue weighted by Gasteiger charge is -2.05. The molecule has 0 bridgehead atoms. The van der Waals surface area contributed by atoms with Crippen molar-refractivity contribution in [1.82, 2.24) is 20.3 Å². The van der Waals surface area contributed by atoms with Crippen LogP contribution in [-0.2, 0) is 13.1 Å². The normalized spacial score (nSPS) is 12.3. The molecule has 1 aromatic rings. The van der Waals surface area contributed by atoms with E-state index in [4.69, 9.17) is 0 Å². The van der Waals surface area contributed by atoms with Gasteiger partial charge in [-0.15, -0.1) is 5.10 Å². The largest absolute Gasteiger partial charge is 0.389 e. The number of hydrogen-bond acceptors (Lipinski definition) is 3. The lowest BCUT2D eigenvalue weighted by Crippen LogP contribution is -2.19. The molecule has 0 amide bonds. The second-order valence-corrected chi connectivity index (χ2v) is 4.72. The van der Waals surface area contributed by atoms with Crippen LogP contribution in [-0.4, -0.2) is 27.7 Å². The van der Waals surface area contributed by atoms with Gasteiger partial charge in [0, 0.05) is 25.7 Å². The fraction of sp³-hybridized carbons (Fsp3) is 0.818. The van der Waals surface area contributed by atoms with Gasteiger partial charge >= 0.3 is 6.18 Å². The molecule has 1 rings (SSSR count). The summed E-state index contributed by atoms with van der Waals surface area (Å²) in [6.07, 6.45) is -3.16. The lowest BCUT2D eigenvalue weighted by molar-refractivity contribution is -0.136. The number of rotatable bonds is 7. The van der Waals surface area contributed by atoms with E-state index in [1.807, 2.05) is 0 Å². The molecule has 0 spiro atoms. The molecule has 0 radical (unpaired) electrons. The van der Waals surface area contributed by atoms with Gasteiger partial charge < -0.3 is 5.32 Å². The average molecular weight is 264 g/mol. The summed E-state index contributed by atoms with van der Waals surface area (Å²) in [6, 6.07) is 0. The van der Waals surface area contributed by atoms with Crippen molar-refractivity contribution in [3.8, 4) is 0 Å². The molecule has 0 atom stereocenters. The van der Waals surface area contributed by atoms with Crippen LogP contribution < -0.4 is 5.32 Å². The summed E-state index contributed by atoms with van der Waals surface area (Å²) in [6.45, 7) is 5.91. The van der Waals surface area contributed by atoms with Crippen LogP contribution in [0.4, 0.5) is 13.2 Å². The molecule has 0 unspecified atom stereocenters. The van der Waals surface area contributed by atoms with E-state index in [0.29, 0.717) is 12.5 Å². The molecule has 0 saturated heterocycles. The molecule has 0 aliphatic carbocycles. The van der Waals surface area contributed by atoms with Crippen LogP contribution in [0.5, 0.6) is 0 Å². The van der Waals surface area contributed by atoms with Crippen molar-refractivity contribution in [1.29, 1.82) is 0 Å². The zero-order valence-corrected chi connectivity index (χ0v) is 10.7. The second kappa shape index (κ2) is 6.72. The van der Waals surface area contributed by atoms with E-state index in [2.05, 4.69) is 29.5 Å². The summed E-state index contributed by atoms with van der Waals surface area (Å²) in [5.74, 6) is 0.548. The van der Waals surface area contributed by atoms with Crippen LogP contribution in [0.2, 0.25) is 0 Å². The third-order valence-corrected chi connectivity index (χ3v) is 2.29. The number of aryl methyl sites for hydroxylation is 1. The number of alkyl halides is 3. The molecule has 7 heteroatoms. The maximum atomic E-state index is 12.0. The third kappa shape index (κ3) is 6.58.